The molecular weight excluding hydrogens is 207 g/mol. The molecule has 2 rings (SSSR count). The zero-order valence-corrected chi connectivity index (χ0v) is 10.4. The monoisotopic (exact) mass is 214 g/mol. The van der Waals surface area contributed by atoms with Crippen molar-refractivity contribution in [1.82, 2.24) is 9.97 Å². The molecule has 0 saturated carbocycles. The van der Waals surface area contributed by atoms with Crippen LogP contribution in [0.25, 0.3) is 10.9 Å². The zero-order valence-electron chi connectivity index (χ0n) is 8.40. The fraction of sp³-hybridized carbons (Fsp3) is 0.111. The smallest absolute Gasteiger partial charge is 0.543 e. The summed E-state index contributed by atoms with van der Waals surface area (Å²) in [5, 5.41) is 11.3. The number of nitrogens with one attached hydrogen (secondary N) is 1. The van der Waals surface area contributed by atoms with Gasteiger partial charge in [0, 0.05) is 11.5 Å². The Morgan fingerprint density at radius 3 is 2.87 bits per heavy atom. The molecule has 0 aliphatic rings. The Labute approximate surface area is 108 Å². The standard InChI is InChI=1S/C9H8N2O3.Na/c1-14-8-3-5-2-6(9(12)13)11-7(5)4-10-8;/h2-4,11H,1H3,(H,12,13);/q;+1/p-1. The van der Waals surface area contributed by atoms with Crippen LogP contribution in [0, 0.1) is 0 Å². The summed E-state index contributed by atoms with van der Waals surface area (Å²) in [6, 6.07) is 3.13. The van der Waals surface area contributed by atoms with Crippen molar-refractivity contribution in [2.24, 2.45) is 0 Å². The van der Waals surface area contributed by atoms with Gasteiger partial charge >= 0.3 is 29.6 Å². The number of aromatic amines is 1. The van der Waals surface area contributed by atoms with Crippen LogP contribution in [0.1, 0.15) is 10.5 Å². The molecule has 72 valence electrons. The minimum absolute atomic E-state index is 0. The number of ether oxygens (including phenoxy) is 1. The summed E-state index contributed by atoms with van der Waals surface area (Å²) in [7, 11) is 1.50. The van der Waals surface area contributed by atoms with Crippen LogP contribution in [0.4, 0.5) is 0 Å². The number of H-pyrrole nitrogens is 1. The molecule has 1 N–H and O–H groups in total. The topological polar surface area (TPSA) is 78.0 Å². The number of aromatic carboxylic acids is 1. The van der Waals surface area contributed by atoms with Gasteiger partial charge in [0.05, 0.1) is 30.5 Å². The SMILES string of the molecule is COc1cc2cc(C(=O)[O-])[nH]c2cn1.[Na+]. The first-order valence-electron chi connectivity index (χ1n) is 3.95. The van der Waals surface area contributed by atoms with Crippen molar-refractivity contribution in [3.63, 3.8) is 0 Å². The molecule has 0 aromatic carbocycles. The summed E-state index contributed by atoms with van der Waals surface area (Å²) >= 11 is 0. The predicted molar refractivity (Wildman–Crippen MR) is 47.0 cm³/mol. The molecule has 0 radical (unpaired) electrons. The Hall–Kier alpha value is -1.04. The normalized spacial score (nSPS) is 9.67. The molecule has 0 aliphatic carbocycles. The molecule has 0 atom stereocenters. The first-order chi connectivity index (χ1) is 6.70. The Morgan fingerprint density at radius 1 is 1.53 bits per heavy atom. The van der Waals surface area contributed by atoms with Crippen molar-refractivity contribution in [1.29, 1.82) is 0 Å². The van der Waals surface area contributed by atoms with E-state index < -0.39 is 5.97 Å². The Bertz CT molecular complexity index is 495. The van der Waals surface area contributed by atoms with E-state index in [4.69, 9.17) is 4.74 Å². The predicted octanol–water partition coefficient (Wildman–Crippen LogP) is -3.06. The molecule has 0 fully saturated rings. The van der Waals surface area contributed by atoms with Gasteiger partial charge in [-0.3, -0.25) is 0 Å². The maximum absolute atomic E-state index is 10.5. The third-order valence-corrected chi connectivity index (χ3v) is 1.91. The third kappa shape index (κ3) is 2.31. The fourth-order valence-electron chi connectivity index (χ4n) is 1.23. The molecule has 15 heavy (non-hydrogen) atoms. The van der Waals surface area contributed by atoms with Crippen LogP contribution in [0.2, 0.25) is 0 Å². The van der Waals surface area contributed by atoms with Gasteiger partial charge in [0.2, 0.25) is 5.88 Å². The largest absolute Gasteiger partial charge is 1.00 e. The number of carboxylic acid groups (broad SMARTS) is 1. The number of aromatic nitrogens is 2. The number of hydrogen-bond donors (Lipinski definition) is 1. The summed E-state index contributed by atoms with van der Waals surface area (Å²) in [6.07, 6.45) is 1.51. The van der Waals surface area contributed by atoms with E-state index in [0.717, 1.165) is 5.39 Å². The summed E-state index contributed by atoms with van der Waals surface area (Å²) in [6.45, 7) is 0. The Balaban J connectivity index is 0.00000112. The van der Waals surface area contributed by atoms with Crippen LogP contribution in [0.3, 0.4) is 0 Å². The number of pyridine rings is 1. The number of carboxylic acids is 1. The van der Waals surface area contributed by atoms with Gasteiger partial charge in [-0.1, -0.05) is 0 Å². The number of carbonyl (C=O) groups excluding carboxylic acids is 1. The van der Waals surface area contributed by atoms with Gasteiger partial charge in [-0.2, -0.15) is 0 Å². The van der Waals surface area contributed by atoms with Crippen molar-refractivity contribution in [3.05, 3.63) is 24.0 Å². The fourth-order valence-corrected chi connectivity index (χ4v) is 1.23. The maximum Gasteiger partial charge on any atom is 1.00 e. The summed E-state index contributed by atoms with van der Waals surface area (Å²) in [5.74, 6) is -0.790. The molecule has 2 aromatic rings. The minimum Gasteiger partial charge on any atom is -0.543 e. The molecule has 0 spiro atoms. The number of carbonyl (C=O) groups is 1. The quantitative estimate of drug-likeness (QED) is 0.538. The van der Waals surface area contributed by atoms with E-state index in [1.807, 2.05) is 0 Å². The number of methoxy groups -OCH3 is 1. The van der Waals surface area contributed by atoms with Crippen molar-refractivity contribution < 1.29 is 44.2 Å². The van der Waals surface area contributed by atoms with E-state index in [-0.39, 0.29) is 35.3 Å². The van der Waals surface area contributed by atoms with E-state index in [1.165, 1.54) is 19.4 Å². The van der Waals surface area contributed by atoms with E-state index in [2.05, 4.69) is 9.97 Å². The minimum atomic E-state index is -1.24. The Kier molecular flexibility index (Phi) is 3.73. The number of nitrogens with zero attached hydrogens (tertiary/aromatic N) is 1. The molecule has 0 bridgehead atoms. The van der Waals surface area contributed by atoms with Gasteiger partial charge < -0.3 is 19.6 Å². The number of hydrogen-bond acceptors (Lipinski definition) is 4. The van der Waals surface area contributed by atoms with E-state index in [1.54, 1.807) is 6.07 Å². The van der Waals surface area contributed by atoms with Gasteiger partial charge in [-0.05, 0) is 6.07 Å². The van der Waals surface area contributed by atoms with Crippen LogP contribution < -0.4 is 39.4 Å². The molecule has 0 saturated heterocycles. The molecule has 2 aromatic heterocycles. The van der Waals surface area contributed by atoms with Gasteiger partial charge in [-0.25, -0.2) is 4.98 Å². The second-order valence-corrected chi connectivity index (χ2v) is 2.78. The second-order valence-electron chi connectivity index (χ2n) is 2.78. The summed E-state index contributed by atoms with van der Waals surface area (Å²) < 4.78 is 4.90. The molecule has 0 amide bonds. The molecule has 6 heteroatoms. The average Bonchev–Trinajstić information content (AvgIpc) is 2.59. The van der Waals surface area contributed by atoms with Crippen LogP contribution in [0.15, 0.2) is 18.3 Å². The molecule has 0 aliphatic heterocycles. The average molecular weight is 214 g/mol. The van der Waals surface area contributed by atoms with Crippen molar-refractivity contribution in [2.75, 3.05) is 7.11 Å². The maximum atomic E-state index is 10.5. The van der Waals surface area contributed by atoms with Gasteiger partial charge in [0.25, 0.3) is 0 Å². The van der Waals surface area contributed by atoms with Crippen LogP contribution >= 0.6 is 0 Å². The summed E-state index contributed by atoms with van der Waals surface area (Å²) in [4.78, 5) is 17.1. The van der Waals surface area contributed by atoms with Gasteiger partial charge in [0.1, 0.15) is 0 Å². The molecule has 0 unspecified atom stereocenters. The van der Waals surface area contributed by atoms with Gasteiger partial charge in [-0.15, -0.1) is 0 Å². The van der Waals surface area contributed by atoms with Crippen LogP contribution in [-0.2, 0) is 0 Å². The Morgan fingerprint density at radius 2 is 2.27 bits per heavy atom. The van der Waals surface area contributed by atoms with Crippen LogP contribution in [0.5, 0.6) is 5.88 Å². The van der Waals surface area contributed by atoms with Gasteiger partial charge in [0.15, 0.2) is 0 Å². The molecule has 5 nitrogen and oxygen atoms in total. The van der Waals surface area contributed by atoms with Crippen molar-refractivity contribution in [3.8, 4) is 5.88 Å². The zero-order chi connectivity index (χ0) is 10.1. The number of rotatable bonds is 2. The molecular formula is C9H7N2NaO3. The first kappa shape index (κ1) is 12.0. The van der Waals surface area contributed by atoms with Crippen molar-refractivity contribution in [2.45, 2.75) is 0 Å². The summed E-state index contributed by atoms with van der Waals surface area (Å²) in [5.41, 5.74) is 0.681. The van der Waals surface area contributed by atoms with E-state index >= 15 is 0 Å². The second kappa shape index (κ2) is 4.65. The number of fused-ring (bicyclic) bond motifs is 1. The van der Waals surface area contributed by atoms with E-state index in [0.29, 0.717) is 11.4 Å². The van der Waals surface area contributed by atoms with E-state index in [9.17, 15) is 9.90 Å². The molecule has 2 heterocycles. The van der Waals surface area contributed by atoms with Crippen LogP contribution in [-0.4, -0.2) is 23.0 Å². The first-order valence-corrected chi connectivity index (χ1v) is 3.95. The third-order valence-electron chi connectivity index (χ3n) is 1.91. The van der Waals surface area contributed by atoms with Crippen molar-refractivity contribution >= 4 is 16.9 Å².